The lowest BCUT2D eigenvalue weighted by atomic mass is 9.49. The minimum Gasteiger partial charge on any atom is -0.462 e. The number of aliphatic hydroxyl groups is 4. The van der Waals surface area contributed by atoms with E-state index in [1.54, 1.807) is 44.2 Å². The molecule has 1 aromatic carbocycles. The standard InChI is InChI=1S/C31H42O11/c1-15-19(40-16(2)32)13-30(28(4,5)38)22(15)23(35)25(36)29(6)20(34)12-21-31(14-39-21,42-17(3)33)24(29)26(30)41-27(37)18-10-8-7-9-11-18/h7-11,15,19-26,34-36,38H,12-14H2,1-6H3/t15-,19+,20+,21-,22?,23-,24+,25+,26+,29-,30+,31+/m1/s1. The normalized spacial score (nSPS) is 44.4. The van der Waals surface area contributed by atoms with Crippen LogP contribution in [0.5, 0.6) is 0 Å². The van der Waals surface area contributed by atoms with E-state index in [0.29, 0.717) is 0 Å². The zero-order valence-electron chi connectivity index (χ0n) is 24.9. The van der Waals surface area contributed by atoms with Crippen LogP contribution in [0.1, 0.15) is 64.7 Å². The minimum atomic E-state index is -1.71. The fourth-order valence-electron chi connectivity index (χ4n) is 8.94. The third-order valence-corrected chi connectivity index (χ3v) is 10.9. The summed E-state index contributed by atoms with van der Waals surface area (Å²) in [6, 6.07) is 8.23. The van der Waals surface area contributed by atoms with E-state index in [2.05, 4.69) is 0 Å². The van der Waals surface area contributed by atoms with E-state index in [0.717, 1.165) is 0 Å². The Hall–Kier alpha value is -2.57. The van der Waals surface area contributed by atoms with Gasteiger partial charge in [0, 0.05) is 37.0 Å². The molecule has 3 aliphatic carbocycles. The third-order valence-electron chi connectivity index (χ3n) is 10.9. The number of fused-ring (bicyclic) bond motifs is 4. The SMILES string of the molecule is CC(=O)O[C@H]1C[C@]2(C(C)(C)O)C([C@@H](O)[C@H](O)[C@@]3(C)[C@H]([C@@H]2OC(=O)c2ccccc2)[C@]2(OC(C)=O)CO[C@@H]2C[C@@H]3O)[C@@H]1C. The number of esters is 3. The van der Waals surface area contributed by atoms with Gasteiger partial charge in [0.05, 0.1) is 42.0 Å². The van der Waals surface area contributed by atoms with Gasteiger partial charge in [-0.05, 0) is 38.3 Å². The van der Waals surface area contributed by atoms with Crippen molar-refractivity contribution in [2.24, 2.45) is 28.6 Å². The number of hydrogen-bond donors (Lipinski definition) is 4. The molecule has 0 bridgehead atoms. The summed E-state index contributed by atoms with van der Waals surface area (Å²) >= 11 is 0. The largest absolute Gasteiger partial charge is 0.462 e. The summed E-state index contributed by atoms with van der Waals surface area (Å²) in [7, 11) is 0. The molecule has 0 radical (unpaired) electrons. The molecule has 3 saturated carbocycles. The molecule has 232 valence electrons. The quantitative estimate of drug-likeness (QED) is 0.289. The second-order valence-corrected chi connectivity index (χ2v) is 13.4. The Morgan fingerprint density at radius 1 is 1.02 bits per heavy atom. The Bertz CT molecular complexity index is 1230. The van der Waals surface area contributed by atoms with Gasteiger partial charge < -0.3 is 39.4 Å². The Kier molecular flexibility index (Phi) is 7.54. The Morgan fingerprint density at radius 3 is 2.19 bits per heavy atom. The van der Waals surface area contributed by atoms with Crippen molar-refractivity contribution in [3.05, 3.63) is 35.9 Å². The smallest absolute Gasteiger partial charge is 0.338 e. The second-order valence-electron chi connectivity index (χ2n) is 13.4. The summed E-state index contributed by atoms with van der Waals surface area (Å²) in [5.74, 6) is -4.68. The van der Waals surface area contributed by atoms with Gasteiger partial charge in [-0.2, -0.15) is 0 Å². The number of rotatable bonds is 5. The minimum absolute atomic E-state index is 0.00474. The molecule has 0 spiro atoms. The first kappa shape index (κ1) is 30.9. The maximum Gasteiger partial charge on any atom is 0.338 e. The van der Waals surface area contributed by atoms with Crippen LogP contribution in [-0.2, 0) is 28.5 Å². The van der Waals surface area contributed by atoms with Gasteiger partial charge in [-0.15, -0.1) is 0 Å². The van der Waals surface area contributed by atoms with E-state index < -0.39 is 94.3 Å². The highest BCUT2D eigenvalue weighted by atomic mass is 16.6. The molecule has 4 fully saturated rings. The van der Waals surface area contributed by atoms with E-state index in [9.17, 15) is 34.8 Å². The molecule has 5 rings (SSSR count). The van der Waals surface area contributed by atoms with Gasteiger partial charge in [0.25, 0.3) is 0 Å². The molecule has 1 aromatic rings. The van der Waals surface area contributed by atoms with Crippen LogP contribution in [0.3, 0.4) is 0 Å². The summed E-state index contributed by atoms with van der Waals surface area (Å²) < 4.78 is 23.9. The lowest BCUT2D eigenvalue weighted by Gasteiger charge is -2.65. The zero-order chi connectivity index (χ0) is 31.0. The van der Waals surface area contributed by atoms with Crippen molar-refractivity contribution in [1.82, 2.24) is 0 Å². The van der Waals surface area contributed by atoms with Crippen molar-refractivity contribution in [2.75, 3.05) is 6.61 Å². The topological polar surface area (TPSA) is 169 Å². The lowest BCUT2D eigenvalue weighted by molar-refractivity contribution is -0.351. The molecule has 0 aromatic heterocycles. The van der Waals surface area contributed by atoms with Crippen LogP contribution in [0.25, 0.3) is 0 Å². The van der Waals surface area contributed by atoms with Crippen molar-refractivity contribution in [3.63, 3.8) is 0 Å². The number of carbonyl (C=O) groups excluding carboxylic acids is 3. The summed E-state index contributed by atoms with van der Waals surface area (Å²) in [4.78, 5) is 38.6. The van der Waals surface area contributed by atoms with Crippen LogP contribution in [-0.4, -0.2) is 92.8 Å². The Morgan fingerprint density at radius 2 is 1.67 bits per heavy atom. The molecular formula is C31H42O11. The van der Waals surface area contributed by atoms with E-state index in [1.807, 2.05) is 0 Å². The van der Waals surface area contributed by atoms with Crippen molar-refractivity contribution < 1.29 is 53.8 Å². The van der Waals surface area contributed by atoms with Gasteiger partial charge in [-0.25, -0.2) is 4.79 Å². The van der Waals surface area contributed by atoms with Crippen LogP contribution in [0, 0.1) is 28.6 Å². The molecule has 11 heteroatoms. The van der Waals surface area contributed by atoms with E-state index >= 15 is 0 Å². The molecule has 4 N–H and O–H groups in total. The highest BCUT2D eigenvalue weighted by Gasteiger charge is 2.80. The maximum atomic E-state index is 13.9. The summed E-state index contributed by atoms with van der Waals surface area (Å²) in [5.41, 5.74) is -6.10. The van der Waals surface area contributed by atoms with Gasteiger partial charge in [0.1, 0.15) is 18.3 Å². The van der Waals surface area contributed by atoms with Gasteiger partial charge in [0.2, 0.25) is 0 Å². The molecule has 1 heterocycles. The van der Waals surface area contributed by atoms with Crippen molar-refractivity contribution in [2.45, 2.75) is 102 Å². The zero-order valence-corrected chi connectivity index (χ0v) is 24.9. The molecule has 4 aliphatic rings. The lowest BCUT2D eigenvalue weighted by Crippen LogP contribution is -2.78. The predicted octanol–water partition coefficient (Wildman–Crippen LogP) is 1.38. The fraction of sp³-hybridized carbons (Fsp3) is 0.710. The molecule has 1 aliphatic heterocycles. The van der Waals surface area contributed by atoms with Gasteiger partial charge in [-0.3, -0.25) is 9.59 Å². The first-order valence-corrected chi connectivity index (χ1v) is 14.5. The van der Waals surface area contributed by atoms with Gasteiger partial charge in [0.15, 0.2) is 5.60 Å². The molecule has 12 atom stereocenters. The van der Waals surface area contributed by atoms with Crippen molar-refractivity contribution >= 4 is 17.9 Å². The van der Waals surface area contributed by atoms with Gasteiger partial charge in [-0.1, -0.05) is 32.0 Å². The molecular weight excluding hydrogens is 548 g/mol. The third kappa shape index (κ3) is 4.23. The molecule has 1 unspecified atom stereocenters. The average Bonchev–Trinajstić information content (AvgIpc) is 3.17. The highest BCUT2D eigenvalue weighted by Crippen LogP contribution is 2.69. The predicted molar refractivity (Wildman–Crippen MR) is 146 cm³/mol. The summed E-state index contributed by atoms with van der Waals surface area (Å²) in [6.07, 6.45) is -7.44. The first-order chi connectivity index (χ1) is 19.5. The number of carbonyl (C=O) groups is 3. The second kappa shape index (κ2) is 10.3. The summed E-state index contributed by atoms with van der Waals surface area (Å²) in [6.45, 7) is 8.79. The van der Waals surface area contributed by atoms with Crippen LogP contribution in [0.4, 0.5) is 0 Å². The number of aliphatic hydroxyl groups excluding tert-OH is 3. The Balaban J connectivity index is 1.81. The highest BCUT2D eigenvalue weighted by molar-refractivity contribution is 5.89. The number of hydrogen-bond acceptors (Lipinski definition) is 11. The van der Waals surface area contributed by atoms with E-state index in [4.69, 9.17) is 18.9 Å². The average molecular weight is 591 g/mol. The molecule has 42 heavy (non-hydrogen) atoms. The fourth-order valence-corrected chi connectivity index (χ4v) is 8.94. The number of benzene rings is 1. The van der Waals surface area contributed by atoms with E-state index in [-0.39, 0.29) is 25.0 Å². The Labute approximate surface area is 245 Å². The first-order valence-electron chi connectivity index (χ1n) is 14.5. The maximum absolute atomic E-state index is 13.9. The van der Waals surface area contributed by atoms with Crippen molar-refractivity contribution in [1.29, 1.82) is 0 Å². The van der Waals surface area contributed by atoms with Crippen LogP contribution in [0.15, 0.2) is 30.3 Å². The van der Waals surface area contributed by atoms with E-state index in [1.165, 1.54) is 27.7 Å². The van der Waals surface area contributed by atoms with Crippen LogP contribution < -0.4 is 0 Å². The monoisotopic (exact) mass is 590 g/mol. The molecule has 1 saturated heterocycles. The molecule has 11 nitrogen and oxygen atoms in total. The number of ether oxygens (including phenoxy) is 4. The summed E-state index contributed by atoms with van der Waals surface area (Å²) in [5, 5.41) is 47.8. The van der Waals surface area contributed by atoms with Crippen molar-refractivity contribution in [3.8, 4) is 0 Å². The van der Waals surface area contributed by atoms with Crippen LogP contribution >= 0.6 is 0 Å². The van der Waals surface area contributed by atoms with Gasteiger partial charge >= 0.3 is 17.9 Å². The van der Waals surface area contributed by atoms with Crippen LogP contribution in [0.2, 0.25) is 0 Å². The molecule has 0 amide bonds.